The predicted molar refractivity (Wildman–Crippen MR) is 76.7 cm³/mol. The first-order chi connectivity index (χ1) is 9.82. The molecule has 0 unspecified atom stereocenters. The molecular weight excluding hydrogens is 279 g/mol. The van der Waals surface area contributed by atoms with Gasteiger partial charge in [0.05, 0.1) is 5.56 Å². The molecule has 5 heteroatoms. The largest absolute Gasteiger partial charge is 0.417 e. The third-order valence-corrected chi connectivity index (χ3v) is 3.72. The summed E-state index contributed by atoms with van der Waals surface area (Å²) < 4.78 is 39.4. The molecule has 0 bridgehead atoms. The number of benzene rings is 1. The smallest absolute Gasteiger partial charge is 0.371 e. The Labute approximate surface area is 122 Å². The summed E-state index contributed by atoms with van der Waals surface area (Å²) in [6.45, 7) is 4.70. The van der Waals surface area contributed by atoms with E-state index in [1.165, 1.54) is 6.07 Å². The molecule has 116 valence electrons. The van der Waals surface area contributed by atoms with E-state index in [-0.39, 0.29) is 5.56 Å². The minimum atomic E-state index is -4.51. The summed E-state index contributed by atoms with van der Waals surface area (Å²) in [6.07, 6.45) is -1.33. The van der Waals surface area contributed by atoms with E-state index in [1.807, 2.05) is 11.8 Å². The molecule has 0 amide bonds. The summed E-state index contributed by atoms with van der Waals surface area (Å²) in [5, 5.41) is 0. The molecule has 21 heavy (non-hydrogen) atoms. The van der Waals surface area contributed by atoms with Gasteiger partial charge in [0, 0.05) is 24.3 Å². The highest BCUT2D eigenvalue weighted by molar-refractivity contribution is 5.96. The maximum atomic E-state index is 13.1. The number of nitrogens with zero attached hydrogens (tertiary/aromatic N) is 1. The van der Waals surface area contributed by atoms with E-state index in [9.17, 15) is 18.0 Å². The minimum Gasteiger partial charge on any atom is -0.371 e. The Morgan fingerprint density at radius 3 is 2.48 bits per heavy atom. The van der Waals surface area contributed by atoms with Crippen LogP contribution >= 0.6 is 0 Å². The van der Waals surface area contributed by atoms with E-state index >= 15 is 0 Å². The fourth-order valence-corrected chi connectivity index (χ4v) is 2.48. The summed E-state index contributed by atoms with van der Waals surface area (Å²) in [4.78, 5) is 13.4. The third-order valence-electron chi connectivity index (χ3n) is 3.72. The van der Waals surface area contributed by atoms with Crippen molar-refractivity contribution in [1.82, 2.24) is 0 Å². The Bertz CT molecular complexity index is 521. The monoisotopic (exact) mass is 299 g/mol. The van der Waals surface area contributed by atoms with Crippen LogP contribution in [-0.2, 0) is 6.18 Å². The van der Waals surface area contributed by atoms with Crippen molar-refractivity contribution < 1.29 is 18.0 Å². The van der Waals surface area contributed by atoms with E-state index in [0.717, 1.165) is 45.3 Å². The quantitative estimate of drug-likeness (QED) is 0.719. The van der Waals surface area contributed by atoms with Gasteiger partial charge in [-0.15, -0.1) is 0 Å². The second kappa shape index (κ2) is 6.08. The molecule has 0 atom stereocenters. The first kappa shape index (κ1) is 15.9. The van der Waals surface area contributed by atoms with Crippen molar-refractivity contribution in [3.8, 4) is 0 Å². The molecular formula is C16H20F3NO. The van der Waals surface area contributed by atoms with Crippen LogP contribution in [0.5, 0.6) is 0 Å². The zero-order valence-electron chi connectivity index (χ0n) is 12.3. The van der Waals surface area contributed by atoms with Gasteiger partial charge in [-0.1, -0.05) is 6.92 Å². The lowest BCUT2D eigenvalue weighted by Gasteiger charge is -2.26. The highest BCUT2D eigenvalue weighted by Gasteiger charge is 2.35. The normalized spacial score (nSPS) is 15.1. The molecule has 2 rings (SSSR count). The SMILES string of the molecule is CCCN(CC1CC1)c1ccc(C(C)=O)c(C(F)(F)F)c1. The summed E-state index contributed by atoms with van der Waals surface area (Å²) in [6, 6.07) is 4.05. The van der Waals surface area contributed by atoms with Crippen LogP contribution in [0.25, 0.3) is 0 Å². The van der Waals surface area contributed by atoms with Crippen LogP contribution < -0.4 is 4.90 Å². The van der Waals surface area contributed by atoms with Gasteiger partial charge < -0.3 is 4.90 Å². The number of Topliss-reactive ketones (excluding diaryl/α,β-unsaturated/α-hetero) is 1. The van der Waals surface area contributed by atoms with Gasteiger partial charge in [0.15, 0.2) is 5.78 Å². The standard InChI is InChI=1S/C16H20F3NO/c1-3-8-20(10-12-4-5-12)13-6-7-14(11(2)21)15(9-13)16(17,18)19/h6-7,9,12H,3-5,8,10H2,1-2H3. The Morgan fingerprint density at radius 2 is 2.00 bits per heavy atom. The fourth-order valence-electron chi connectivity index (χ4n) is 2.48. The van der Waals surface area contributed by atoms with E-state index in [1.54, 1.807) is 6.07 Å². The van der Waals surface area contributed by atoms with E-state index in [4.69, 9.17) is 0 Å². The van der Waals surface area contributed by atoms with Crippen LogP contribution in [0.1, 0.15) is 49.0 Å². The molecule has 0 aromatic heterocycles. The molecule has 0 heterocycles. The number of hydrogen-bond donors (Lipinski definition) is 0. The van der Waals surface area contributed by atoms with Crippen molar-refractivity contribution in [3.63, 3.8) is 0 Å². The molecule has 1 aromatic rings. The number of anilines is 1. The average molecular weight is 299 g/mol. The maximum Gasteiger partial charge on any atom is 0.417 e. The molecule has 1 aliphatic carbocycles. The van der Waals surface area contributed by atoms with Gasteiger partial charge in [-0.25, -0.2) is 0 Å². The molecule has 0 saturated heterocycles. The summed E-state index contributed by atoms with van der Waals surface area (Å²) in [5.41, 5.74) is -0.528. The van der Waals surface area contributed by atoms with Crippen LogP contribution in [0, 0.1) is 5.92 Å². The Morgan fingerprint density at radius 1 is 1.33 bits per heavy atom. The number of ketones is 1. The molecule has 0 spiro atoms. The van der Waals surface area contributed by atoms with Gasteiger partial charge in [-0.05, 0) is 50.3 Å². The van der Waals surface area contributed by atoms with Gasteiger partial charge in [0.25, 0.3) is 0 Å². The number of halogens is 3. The van der Waals surface area contributed by atoms with Crippen LogP contribution in [0.15, 0.2) is 18.2 Å². The molecule has 2 nitrogen and oxygen atoms in total. The minimum absolute atomic E-state index is 0.255. The van der Waals surface area contributed by atoms with Gasteiger partial charge in [0.1, 0.15) is 0 Å². The number of alkyl halides is 3. The van der Waals surface area contributed by atoms with E-state index in [0.29, 0.717) is 11.6 Å². The molecule has 1 saturated carbocycles. The van der Waals surface area contributed by atoms with Crippen LogP contribution in [-0.4, -0.2) is 18.9 Å². The van der Waals surface area contributed by atoms with Gasteiger partial charge >= 0.3 is 6.18 Å². The summed E-state index contributed by atoms with van der Waals surface area (Å²) in [5.74, 6) is 0.0384. The van der Waals surface area contributed by atoms with E-state index in [2.05, 4.69) is 0 Å². The maximum absolute atomic E-state index is 13.1. The van der Waals surface area contributed by atoms with Crippen molar-refractivity contribution in [2.45, 2.75) is 39.3 Å². The first-order valence-corrected chi connectivity index (χ1v) is 7.30. The predicted octanol–water partition coefficient (Wildman–Crippen LogP) is 4.53. The number of carbonyl (C=O) groups excluding carboxylic acids is 1. The third kappa shape index (κ3) is 3.99. The highest BCUT2D eigenvalue weighted by Crippen LogP contribution is 2.36. The molecule has 1 aromatic carbocycles. The first-order valence-electron chi connectivity index (χ1n) is 7.30. The van der Waals surface area contributed by atoms with Gasteiger partial charge in [0.2, 0.25) is 0 Å². The van der Waals surface area contributed by atoms with Crippen molar-refractivity contribution in [2.75, 3.05) is 18.0 Å². The molecule has 1 fully saturated rings. The Hall–Kier alpha value is -1.52. The zero-order valence-corrected chi connectivity index (χ0v) is 12.3. The number of carbonyl (C=O) groups is 1. The molecule has 0 aliphatic heterocycles. The zero-order chi connectivity index (χ0) is 15.6. The summed E-state index contributed by atoms with van der Waals surface area (Å²) >= 11 is 0. The Balaban J connectivity index is 2.36. The van der Waals surface area contributed by atoms with Gasteiger partial charge in [-0.3, -0.25) is 4.79 Å². The molecule has 0 N–H and O–H groups in total. The number of hydrogen-bond acceptors (Lipinski definition) is 2. The number of rotatable bonds is 6. The Kier molecular flexibility index (Phi) is 4.59. The fraction of sp³-hybridized carbons (Fsp3) is 0.562. The lowest BCUT2D eigenvalue weighted by molar-refractivity contribution is -0.137. The lowest BCUT2D eigenvalue weighted by Crippen LogP contribution is -2.27. The van der Waals surface area contributed by atoms with Crippen molar-refractivity contribution >= 4 is 11.5 Å². The molecule has 1 aliphatic rings. The van der Waals surface area contributed by atoms with Crippen molar-refractivity contribution in [2.24, 2.45) is 5.92 Å². The highest BCUT2D eigenvalue weighted by atomic mass is 19.4. The van der Waals surface area contributed by atoms with Crippen LogP contribution in [0.4, 0.5) is 18.9 Å². The van der Waals surface area contributed by atoms with Crippen molar-refractivity contribution in [3.05, 3.63) is 29.3 Å². The van der Waals surface area contributed by atoms with Crippen LogP contribution in [0.2, 0.25) is 0 Å². The second-order valence-corrected chi connectivity index (χ2v) is 5.67. The van der Waals surface area contributed by atoms with E-state index < -0.39 is 17.5 Å². The van der Waals surface area contributed by atoms with Crippen molar-refractivity contribution in [1.29, 1.82) is 0 Å². The van der Waals surface area contributed by atoms with Gasteiger partial charge in [-0.2, -0.15) is 13.2 Å². The topological polar surface area (TPSA) is 20.3 Å². The van der Waals surface area contributed by atoms with Crippen LogP contribution in [0.3, 0.4) is 0 Å². The lowest BCUT2D eigenvalue weighted by atomic mass is 10.0. The molecule has 0 radical (unpaired) electrons. The average Bonchev–Trinajstić information content (AvgIpc) is 3.20. The summed E-state index contributed by atoms with van der Waals surface area (Å²) in [7, 11) is 0. The second-order valence-electron chi connectivity index (χ2n) is 5.67.